The Balaban J connectivity index is 2.59. The van der Waals surface area contributed by atoms with Gasteiger partial charge in [0.05, 0.1) is 13.7 Å². The van der Waals surface area contributed by atoms with Crippen molar-refractivity contribution in [1.29, 1.82) is 0 Å². The summed E-state index contributed by atoms with van der Waals surface area (Å²) in [5.41, 5.74) is -0.382. The average molecular weight is 285 g/mol. The van der Waals surface area contributed by atoms with Crippen LogP contribution in [0.1, 0.15) is 53.4 Å². The molecule has 0 aliphatic heterocycles. The predicted octanol–water partition coefficient (Wildman–Crippen LogP) is 2.76. The first-order valence-corrected chi connectivity index (χ1v) is 7.77. The molecule has 1 fully saturated rings. The van der Waals surface area contributed by atoms with Crippen molar-refractivity contribution in [3.63, 3.8) is 0 Å². The van der Waals surface area contributed by atoms with Crippen LogP contribution in [-0.2, 0) is 14.3 Å². The van der Waals surface area contributed by atoms with E-state index in [0.717, 1.165) is 32.2 Å². The minimum Gasteiger partial charge on any atom is -0.468 e. The van der Waals surface area contributed by atoms with Gasteiger partial charge in [-0.1, -0.05) is 27.7 Å². The number of nitrogens with one attached hydrogen (secondary N) is 1. The van der Waals surface area contributed by atoms with Crippen molar-refractivity contribution in [2.75, 3.05) is 26.9 Å². The Morgan fingerprint density at radius 2 is 1.95 bits per heavy atom. The molecule has 0 saturated heterocycles. The summed E-state index contributed by atoms with van der Waals surface area (Å²) >= 11 is 0. The van der Waals surface area contributed by atoms with Gasteiger partial charge in [0.2, 0.25) is 0 Å². The molecule has 118 valence electrons. The van der Waals surface area contributed by atoms with Crippen LogP contribution in [0.3, 0.4) is 0 Å². The molecule has 1 atom stereocenters. The van der Waals surface area contributed by atoms with Crippen LogP contribution in [0.25, 0.3) is 0 Å². The molecule has 1 aliphatic carbocycles. The highest BCUT2D eigenvalue weighted by molar-refractivity contribution is 5.82. The summed E-state index contributed by atoms with van der Waals surface area (Å²) in [6.07, 6.45) is 4.14. The lowest BCUT2D eigenvalue weighted by Crippen LogP contribution is -2.58. The predicted molar refractivity (Wildman–Crippen MR) is 80.7 cm³/mol. The van der Waals surface area contributed by atoms with Crippen LogP contribution < -0.4 is 5.32 Å². The van der Waals surface area contributed by atoms with E-state index in [9.17, 15) is 4.79 Å². The van der Waals surface area contributed by atoms with E-state index in [-0.39, 0.29) is 11.4 Å². The molecule has 0 aromatic heterocycles. The molecule has 1 unspecified atom stereocenters. The van der Waals surface area contributed by atoms with Gasteiger partial charge >= 0.3 is 5.97 Å². The smallest absolute Gasteiger partial charge is 0.328 e. The van der Waals surface area contributed by atoms with Crippen LogP contribution in [0, 0.1) is 11.3 Å². The highest BCUT2D eigenvalue weighted by atomic mass is 16.5. The van der Waals surface area contributed by atoms with E-state index in [4.69, 9.17) is 9.47 Å². The highest BCUT2D eigenvalue weighted by Gasteiger charge is 2.51. The molecule has 0 heterocycles. The van der Waals surface area contributed by atoms with Crippen LogP contribution in [0.5, 0.6) is 0 Å². The van der Waals surface area contributed by atoms with Crippen LogP contribution >= 0.6 is 0 Å². The zero-order chi connectivity index (χ0) is 15.2. The number of rotatable bonds is 9. The van der Waals surface area contributed by atoms with Crippen molar-refractivity contribution in [2.45, 2.75) is 58.9 Å². The molecule has 1 saturated carbocycles. The number of ether oxygens (including phenoxy) is 2. The second-order valence-corrected chi connectivity index (χ2v) is 7.03. The number of methoxy groups -OCH3 is 1. The van der Waals surface area contributed by atoms with Gasteiger partial charge in [-0.05, 0) is 43.6 Å². The standard InChI is InChI=1S/C16H31NO3/c1-6-10-17-16(13-7-8-13,14(18)19-5)12-20-11-9-15(2,3)4/h13,17H,6-12H2,1-5H3. The summed E-state index contributed by atoms with van der Waals surface area (Å²) in [6.45, 7) is 10.6. The Hall–Kier alpha value is -0.610. The molecule has 1 N–H and O–H groups in total. The first-order chi connectivity index (χ1) is 9.35. The Bertz CT molecular complexity index is 307. The van der Waals surface area contributed by atoms with Crippen LogP contribution in [0.2, 0.25) is 0 Å². The lowest BCUT2D eigenvalue weighted by atomic mass is 9.92. The molecule has 1 aliphatic rings. The van der Waals surface area contributed by atoms with Gasteiger partial charge in [0, 0.05) is 6.61 Å². The molecule has 4 nitrogen and oxygen atoms in total. The Morgan fingerprint density at radius 1 is 1.30 bits per heavy atom. The molecule has 4 heteroatoms. The largest absolute Gasteiger partial charge is 0.468 e. The molecule has 1 rings (SSSR count). The van der Waals surface area contributed by atoms with Gasteiger partial charge in [0.1, 0.15) is 5.54 Å². The Labute approximate surface area is 123 Å². The van der Waals surface area contributed by atoms with Crippen molar-refractivity contribution < 1.29 is 14.3 Å². The number of hydrogen-bond donors (Lipinski definition) is 1. The van der Waals surface area contributed by atoms with Crippen molar-refractivity contribution in [3.8, 4) is 0 Å². The fraction of sp³-hybridized carbons (Fsp3) is 0.938. The third-order valence-electron chi connectivity index (χ3n) is 3.84. The minimum atomic E-state index is -0.636. The molecule has 0 amide bonds. The van der Waals surface area contributed by atoms with Gasteiger partial charge in [0.25, 0.3) is 0 Å². The van der Waals surface area contributed by atoms with Crippen LogP contribution in [0.4, 0.5) is 0 Å². The maximum absolute atomic E-state index is 12.2. The molecule has 0 radical (unpaired) electrons. The van der Waals surface area contributed by atoms with Crippen molar-refractivity contribution in [1.82, 2.24) is 5.32 Å². The maximum Gasteiger partial charge on any atom is 0.328 e. The van der Waals surface area contributed by atoms with Gasteiger partial charge in [-0.2, -0.15) is 0 Å². The second-order valence-electron chi connectivity index (χ2n) is 7.03. The summed E-state index contributed by atoms with van der Waals surface area (Å²) in [7, 11) is 1.46. The maximum atomic E-state index is 12.2. The fourth-order valence-corrected chi connectivity index (χ4v) is 2.33. The Kier molecular flexibility index (Phi) is 6.46. The number of esters is 1. The summed E-state index contributed by atoms with van der Waals surface area (Å²) in [6, 6.07) is 0. The molecular formula is C16H31NO3. The summed E-state index contributed by atoms with van der Waals surface area (Å²) in [5, 5.41) is 3.39. The third kappa shape index (κ3) is 5.06. The van der Waals surface area contributed by atoms with Crippen molar-refractivity contribution in [2.24, 2.45) is 11.3 Å². The normalized spacial score (nSPS) is 18.6. The van der Waals surface area contributed by atoms with Gasteiger partial charge in [0.15, 0.2) is 0 Å². The highest BCUT2D eigenvalue weighted by Crippen LogP contribution is 2.41. The number of hydrogen-bond acceptors (Lipinski definition) is 4. The summed E-state index contributed by atoms with van der Waals surface area (Å²) in [4.78, 5) is 12.2. The van der Waals surface area contributed by atoms with E-state index in [1.807, 2.05) is 0 Å². The van der Waals surface area contributed by atoms with Crippen molar-refractivity contribution >= 4 is 5.97 Å². The second kappa shape index (κ2) is 7.41. The first kappa shape index (κ1) is 17.4. The number of carbonyl (C=O) groups excluding carboxylic acids is 1. The zero-order valence-electron chi connectivity index (χ0n) is 13.8. The number of carbonyl (C=O) groups is 1. The van der Waals surface area contributed by atoms with Gasteiger partial charge in [-0.25, -0.2) is 4.79 Å². The lowest BCUT2D eigenvalue weighted by molar-refractivity contribution is -0.153. The minimum absolute atomic E-state index is 0.177. The van der Waals surface area contributed by atoms with E-state index in [2.05, 4.69) is 33.0 Å². The van der Waals surface area contributed by atoms with E-state index in [1.165, 1.54) is 7.11 Å². The molecule has 0 aromatic carbocycles. The molecular weight excluding hydrogens is 254 g/mol. The Morgan fingerprint density at radius 3 is 2.40 bits per heavy atom. The zero-order valence-corrected chi connectivity index (χ0v) is 13.8. The average Bonchev–Trinajstić information content (AvgIpc) is 3.21. The van der Waals surface area contributed by atoms with Gasteiger partial charge in [-0.15, -0.1) is 0 Å². The van der Waals surface area contributed by atoms with Crippen molar-refractivity contribution in [3.05, 3.63) is 0 Å². The van der Waals surface area contributed by atoms with E-state index >= 15 is 0 Å². The van der Waals surface area contributed by atoms with E-state index in [0.29, 0.717) is 19.1 Å². The van der Waals surface area contributed by atoms with Gasteiger partial charge < -0.3 is 9.47 Å². The molecule has 0 spiro atoms. The summed E-state index contributed by atoms with van der Waals surface area (Å²) in [5.74, 6) is 0.181. The quantitative estimate of drug-likeness (QED) is 0.523. The van der Waals surface area contributed by atoms with Crippen LogP contribution in [0.15, 0.2) is 0 Å². The lowest BCUT2D eigenvalue weighted by Gasteiger charge is -2.32. The van der Waals surface area contributed by atoms with Gasteiger partial charge in [-0.3, -0.25) is 5.32 Å². The molecule has 0 aromatic rings. The summed E-state index contributed by atoms with van der Waals surface area (Å²) < 4.78 is 10.9. The monoisotopic (exact) mass is 285 g/mol. The first-order valence-electron chi connectivity index (χ1n) is 7.77. The van der Waals surface area contributed by atoms with E-state index < -0.39 is 5.54 Å². The molecule has 0 bridgehead atoms. The van der Waals surface area contributed by atoms with Crippen LogP contribution in [-0.4, -0.2) is 38.4 Å². The topological polar surface area (TPSA) is 47.6 Å². The van der Waals surface area contributed by atoms with E-state index in [1.54, 1.807) is 0 Å². The molecule has 20 heavy (non-hydrogen) atoms. The SMILES string of the molecule is CCCNC(COCCC(C)(C)C)(C(=O)OC)C1CC1. The third-order valence-corrected chi connectivity index (χ3v) is 3.84. The fourth-order valence-electron chi connectivity index (χ4n) is 2.33.